The molecular weight excluding hydrogens is 352 g/mol. The van der Waals surface area contributed by atoms with Crippen LogP contribution in [0.3, 0.4) is 0 Å². The van der Waals surface area contributed by atoms with Gasteiger partial charge in [-0.05, 0) is 49.8 Å². The zero-order valence-electron chi connectivity index (χ0n) is 16.6. The molecule has 2 atom stereocenters. The average molecular weight is 383 g/mol. The first kappa shape index (κ1) is 20.5. The van der Waals surface area contributed by atoms with Crippen LogP contribution in [0.4, 0.5) is 0 Å². The van der Waals surface area contributed by atoms with Crippen molar-refractivity contribution in [2.45, 2.75) is 51.4 Å². The van der Waals surface area contributed by atoms with Crippen LogP contribution in [0.25, 0.3) is 0 Å². The van der Waals surface area contributed by atoms with Crippen molar-refractivity contribution < 1.29 is 14.3 Å². The number of hydrogen-bond acceptors (Lipinski definition) is 4. The highest BCUT2D eigenvalue weighted by atomic mass is 16.5. The number of pyridine rings is 1. The van der Waals surface area contributed by atoms with Gasteiger partial charge < -0.3 is 14.4 Å². The Labute approximate surface area is 167 Å². The number of rotatable bonds is 9. The highest BCUT2D eigenvalue weighted by Gasteiger charge is 2.23. The SMILES string of the molecule is CC(OCC1CCCCO1)C(=O)N(CCc1ccccc1)Cc1cccnc1. The topological polar surface area (TPSA) is 51.7 Å². The second kappa shape index (κ2) is 10.9. The minimum atomic E-state index is -0.488. The summed E-state index contributed by atoms with van der Waals surface area (Å²) in [5, 5.41) is 0. The standard InChI is InChI=1S/C23H30N2O3/c1-19(28-18-22-11-5-6-15-27-22)23(26)25(17-21-10-7-13-24-16-21)14-12-20-8-3-2-4-9-20/h2-4,7-10,13,16,19,22H,5-6,11-12,14-15,17-18H2,1H3. The van der Waals surface area contributed by atoms with E-state index in [4.69, 9.17) is 9.47 Å². The lowest BCUT2D eigenvalue weighted by atomic mass is 10.1. The number of amides is 1. The van der Waals surface area contributed by atoms with Crippen LogP contribution < -0.4 is 0 Å². The molecule has 1 amide bonds. The fourth-order valence-electron chi connectivity index (χ4n) is 3.41. The van der Waals surface area contributed by atoms with Gasteiger partial charge in [-0.2, -0.15) is 0 Å². The van der Waals surface area contributed by atoms with E-state index in [0.717, 1.165) is 31.4 Å². The summed E-state index contributed by atoms with van der Waals surface area (Å²) in [6, 6.07) is 14.1. The van der Waals surface area contributed by atoms with E-state index in [1.807, 2.05) is 48.4 Å². The largest absolute Gasteiger partial charge is 0.376 e. The number of carbonyl (C=O) groups is 1. The molecule has 1 aliphatic rings. The Balaban J connectivity index is 1.59. The van der Waals surface area contributed by atoms with Crippen LogP contribution in [0, 0.1) is 0 Å². The molecular formula is C23H30N2O3. The lowest BCUT2D eigenvalue weighted by Crippen LogP contribution is -2.41. The summed E-state index contributed by atoms with van der Waals surface area (Å²) >= 11 is 0. The predicted octanol–water partition coefficient (Wildman–Crippen LogP) is 3.63. The molecule has 150 valence electrons. The first-order chi connectivity index (χ1) is 13.7. The fourth-order valence-corrected chi connectivity index (χ4v) is 3.41. The molecule has 0 spiro atoms. The third-order valence-corrected chi connectivity index (χ3v) is 5.07. The molecule has 5 heteroatoms. The van der Waals surface area contributed by atoms with Crippen LogP contribution in [-0.2, 0) is 27.2 Å². The van der Waals surface area contributed by atoms with E-state index in [1.54, 1.807) is 6.20 Å². The Morgan fingerprint density at radius 1 is 1.21 bits per heavy atom. The summed E-state index contributed by atoms with van der Waals surface area (Å²) in [6.07, 6.45) is 7.28. The van der Waals surface area contributed by atoms with E-state index in [1.165, 1.54) is 12.0 Å². The summed E-state index contributed by atoms with van der Waals surface area (Å²) in [6.45, 7) is 4.29. The smallest absolute Gasteiger partial charge is 0.251 e. The summed E-state index contributed by atoms with van der Waals surface area (Å²) < 4.78 is 11.6. The maximum absolute atomic E-state index is 13.1. The molecule has 28 heavy (non-hydrogen) atoms. The molecule has 0 saturated carbocycles. The van der Waals surface area contributed by atoms with Crippen LogP contribution in [-0.4, -0.2) is 47.8 Å². The van der Waals surface area contributed by atoms with Crippen LogP contribution in [0.2, 0.25) is 0 Å². The number of hydrogen-bond donors (Lipinski definition) is 0. The van der Waals surface area contributed by atoms with E-state index in [2.05, 4.69) is 17.1 Å². The maximum atomic E-state index is 13.1. The molecule has 3 rings (SSSR count). The Bertz CT molecular complexity index is 702. The van der Waals surface area contributed by atoms with Crippen LogP contribution in [0.1, 0.15) is 37.3 Å². The van der Waals surface area contributed by atoms with Crippen molar-refractivity contribution in [3.05, 3.63) is 66.0 Å². The second-order valence-electron chi connectivity index (χ2n) is 7.32. The van der Waals surface area contributed by atoms with Crippen molar-refractivity contribution in [2.24, 2.45) is 0 Å². The molecule has 5 nitrogen and oxygen atoms in total. The minimum absolute atomic E-state index is 0.00981. The fraction of sp³-hybridized carbons (Fsp3) is 0.478. The number of carbonyl (C=O) groups excluding carboxylic acids is 1. The van der Waals surface area contributed by atoms with Gasteiger partial charge in [-0.15, -0.1) is 0 Å². The summed E-state index contributed by atoms with van der Waals surface area (Å²) in [5.74, 6) is 0.00981. The van der Waals surface area contributed by atoms with Crippen LogP contribution in [0.15, 0.2) is 54.9 Å². The molecule has 1 aliphatic heterocycles. The van der Waals surface area contributed by atoms with Gasteiger partial charge in [0.25, 0.3) is 5.91 Å². The number of ether oxygens (including phenoxy) is 2. The van der Waals surface area contributed by atoms with Crippen molar-refractivity contribution >= 4 is 5.91 Å². The molecule has 2 unspecified atom stereocenters. The molecule has 0 N–H and O–H groups in total. The highest BCUT2D eigenvalue weighted by Crippen LogP contribution is 2.15. The molecule has 2 aromatic rings. The monoisotopic (exact) mass is 382 g/mol. The molecule has 2 heterocycles. The number of aromatic nitrogens is 1. The lowest BCUT2D eigenvalue weighted by Gasteiger charge is -2.28. The normalized spacial score (nSPS) is 17.8. The lowest BCUT2D eigenvalue weighted by molar-refractivity contribution is -0.146. The van der Waals surface area contributed by atoms with Crippen molar-refractivity contribution in [2.75, 3.05) is 19.8 Å². The van der Waals surface area contributed by atoms with Gasteiger partial charge in [-0.25, -0.2) is 0 Å². The zero-order chi connectivity index (χ0) is 19.6. The number of nitrogens with zero attached hydrogens (tertiary/aromatic N) is 2. The van der Waals surface area contributed by atoms with Gasteiger partial charge >= 0.3 is 0 Å². The molecule has 1 saturated heterocycles. The van der Waals surface area contributed by atoms with Gasteiger partial charge in [0, 0.05) is 32.1 Å². The summed E-state index contributed by atoms with van der Waals surface area (Å²) in [7, 11) is 0. The predicted molar refractivity (Wildman–Crippen MR) is 109 cm³/mol. The van der Waals surface area contributed by atoms with E-state index in [-0.39, 0.29) is 12.0 Å². The zero-order valence-corrected chi connectivity index (χ0v) is 16.6. The third-order valence-electron chi connectivity index (χ3n) is 5.07. The minimum Gasteiger partial charge on any atom is -0.376 e. The van der Waals surface area contributed by atoms with Crippen molar-refractivity contribution in [1.82, 2.24) is 9.88 Å². The Kier molecular flexibility index (Phi) is 8.00. The van der Waals surface area contributed by atoms with Gasteiger partial charge in [-0.1, -0.05) is 36.4 Å². The highest BCUT2D eigenvalue weighted by molar-refractivity contribution is 5.80. The molecule has 0 radical (unpaired) electrons. The summed E-state index contributed by atoms with van der Waals surface area (Å²) in [4.78, 5) is 19.1. The second-order valence-corrected chi connectivity index (χ2v) is 7.32. The molecule has 0 bridgehead atoms. The average Bonchev–Trinajstić information content (AvgIpc) is 2.76. The van der Waals surface area contributed by atoms with Crippen LogP contribution in [0.5, 0.6) is 0 Å². The van der Waals surface area contributed by atoms with Crippen molar-refractivity contribution in [1.29, 1.82) is 0 Å². The summed E-state index contributed by atoms with van der Waals surface area (Å²) in [5.41, 5.74) is 2.24. The molecule has 0 aliphatic carbocycles. The van der Waals surface area contributed by atoms with E-state index >= 15 is 0 Å². The maximum Gasteiger partial charge on any atom is 0.251 e. The Morgan fingerprint density at radius 3 is 2.75 bits per heavy atom. The quantitative estimate of drug-likeness (QED) is 0.665. The molecule has 1 aromatic heterocycles. The van der Waals surface area contributed by atoms with Gasteiger partial charge in [-0.3, -0.25) is 9.78 Å². The number of benzene rings is 1. The van der Waals surface area contributed by atoms with Crippen LogP contribution >= 0.6 is 0 Å². The third kappa shape index (κ3) is 6.43. The Hall–Kier alpha value is -2.24. The Morgan fingerprint density at radius 2 is 2.04 bits per heavy atom. The van der Waals surface area contributed by atoms with Crippen molar-refractivity contribution in [3.63, 3.8) is 0 Å². The van der Waals surface area contributed by atoms with Gasteiger partial charge in [0.1, 0.15) is 6.10 Å². The first-order valence-electron chi connectivity index (χ1n) is 10.2. The van der Waals surface area contributed by atoms with E-state index in [9.17, 15) is 4.79 Å². The van der Waals surface area contributed by atoms with E-state index in [0.29, 0.717) is 19.7 Å². The molecule has 1 aromatic carbocycles. The van der Waals surface area contributed by atoms with Gasteiger partial charge in [0.15, 0.2) is 0 Å². The van der Waals surface area contributed by atoms with E-state index < -0.39 is 6.10 Å². The molecule has 1 fully saturated rings. The first-order valence-corrected chi connectivity index (χ1v) is 10.2. The van der Waals surface area contributed by atoms with Crippen molar-refractivity contribution in [3.8, 4) is 0 Å². The van der Waals surface area contributed by atoms with Gasteiger partial charge in [0.05, 0.1) is 12.7 Å². The van der Waals surface area contributed by atoms with Gasteiger partial charge in [0.2, 0.25) is 0 Å².